The zero-order valence-corrected chi connectivity index (χ0v) is 21.7. The second kappa shape index (κ2) is 11.2. The SMILES string of the molecule is CCCN(CCC)C(=CC1C=CC(C2=NC3C(C4CC=C(F)CC4F)C(C)N3C(=O)C2)=CC1)CC. The van der Waals surface area contributed by atoms with Crippen molar-refractivity contribution < 1.29 is 13.6 Å². The van der Waals surface area contributed by atoms with Crippen LogP contribution in [0.4, 0.5) is 8.78 Å². The van der Waals surface area contributed by atoms with Crippen LogP contribution < -0.4 is 0 Å². The first kappa shape index (κ1) is 25.8. The van der Waals surface area contributed by atoms with Crippen molar-refractivity contribution in [1.82, 2.24) is 9.80 Å². The van der Waals surface area contributed by atoms with Gasteiger partial charge in [0.1, 0.15) is 12.3 Å². The van der Waals surface area contributed by atoms with Crippen LogP contribution >= 0.6 is 0 Å². The van der Waals surface area contributed by atoms with E-state index in [2.05, 4.69) is 50.0 Å². The van der Waals surface area contributed by atoms with E-state index in [0.717, 1.165) is 50.1 Å². The number of carbonyl (C=O) groups excluding carboxylic acids is 1. The summed E-state index contributed by atoms with van der Waals surface area (Å²) < 4.78 is 28.3. The fourth-order valence-corrected chi connectivity index (χ4v) is 6.32. The van der Waals surface area contributed by atoms with Crippen LogP contribution in [0.25, 0.3) is 0 Å². The Morgan fingerprint density at radius 2 is 1.94 bits per heavy atom. The highest BCUT2D eigenvalue weighted by molar-refractivity contribution is 6.13. The Balaban J connectivity index is 1.47. The number of nitrogens with zero attached hydrogens (tertiary/aromatic N) is 3. The first-order chi connectivity index (χ1) is 16.9. The monoisotopic (exact) mass is 485 g/mol. The highest BCUT2D eigenvalue weighted by Crippen LogP contribution is 2.47. The highest BCUT2D eigenvalue weighted by Gasteiger charge is 2.55. The molecule has 2 heterocycles. The summed E-state index contributed by atoms with van der Waals surface area (Å²) in [4.78, 5) is 22.2. The normalized spacial score (nSPS) is 33.0. The fourth-order valence-electron chi connectivity index (χ4n) is 6.32. The smallest absolute Gasteiger partial charge is 0.230 e. The number of allylic oxidation sites excluding steroid dienone is 8. The first-order valence-electron chi connectivity index (χ1n) is 13.6. The van der Waals surface area contributed by atoms with Gasteiger partial charge in [-0.1, -0.05) is 51.2 Å². The Morgan fingerprint density at radius 3 is 2.54 bits per heavy atom. The number of amides is 1. The summed E-state index contributed by atoms with van der Waals surface area (Å²) in [6, 6.07) is -0.0531. The molecule has 192 valence electrons. The first-order valence-corrected chi connectivity index (χ1v) is 13.6. The van der Waals surface area contributed by atoms with Crippen LogP contribution in [0.1, 0.15) is 72.6 Å². The van der Waals surface area contributed by atoms with E-state index in [0.29, 0.717) is 18.8 Å². The molecule has 0 aromatic carbocycles. The van der Waals surface area contributed by atoms with Crippen molar-refractivity contribution in [1.29, 1.82) is 0 Å². The zero-order valence-electron chi connectivity index (χ0n) is 21.7. The molecule has 0 radical (unpaired) electrons. The van der Waals surface area contributed by atoms with Gasteiger partial charge in [0, 0.05) is 49.0 Å². The molecule has 6 atom stereocenters. The largest absolute Gasteiger partial charge is 0.375 e. The summed E-state index contributed by atoms with van der Waals surface area (Å²) in [5, 5.41) is 0. The minimum absolute atomic E-state index is 0.0531. The topological polar surface area (TPSA) is 35.9 Å². The van der Waals surface area contributed by atoms with Crippen LogP contribution in [0, 0.1) is 17.8 Å². The maximum atomic E-state index is 14.7. The van der Waals surface area contributed by atoms with Gasteiger partial charge in [-0.15, -0.1) is 0 Å². The number of rotatable bonds is 9. The predicted molar refractivity (Wildman–Crippen MR) is 138 cm³/mol. The van der Waals surface area contributed by atoms with E-state index in [9.17, 15) is 13.6 Å². The molecule has 35 heavy (non-hydrogen) atoms. The average molecular weight is 486 g/mol. The Bertz CT molecular complexity index is 944. The molecule has 1 amide bonds. The molecule has 4 aliphatic rings. The lowest BCUT2D eigenvalue weighted by Crippen LogP contribution is -2.68. The Labute approximate surface area is 209 Å². The molecule has 0 aromatic rings. The lowest BCUT2D eigenvalue weighted by atomic mass is 9.69. The van der Waals surface area contributed by atoms with Gasteiger partial charge in [0.15, 0.2) is 0 Å². The molecule has 2 aliphatic heterocycles. The fraction of sp³-hybridized carbons (Fsp3) is 0.655. The summed E-state index contributed by atoms with van der Waals surface area (Å²) in [6.07, 6.45) is 13.6. The van der Waals surface area contributed by atoms with E-state index in [1.54, 1.807) is 4.90 Å². The van der Waals surface area contributed by atoms with Gasteiger partial charge in [0.2, 0.25) is 5.91 Å². The zero-order chi connectivity index (χ0) is 25.1. The number of fused-ring (bicyclic) bond motifs is 1. The van der Waals surface area contributed by atoms with Crippen LogP contribution in [0.2, 0.25) is 0 Å². The molecule has 0 spiro atoms. The number of aliphatic imine (C=N–C) groups is 1. The van der Waals surface area contributed by atoms with Gasteiger partial charge in [0.05, 0.1) is 18.0 Å². The van der Waals surface area contributed by atoms with Crippen molar-refractivity contribution in [2.24, 2.45) is 22.7 Å². The van der Waals surface area contributed by atoms with Crippen molar-refractivity contribution in [3.8, 4) is 0 Å². The third-order valence-corrected chi connectivity index (χ3v) is 8.11. The summed E-state index contributed by atoms with van der Waals surface area (Å²) >= 11 is 0. The molecule has 1 saturated heterocycles. The molecule has 0 N–H and O–H groups in total. The Kier molecular flexibility index (Phi) is 8.28. The number of carbonyl (C=O) groups is 1. The second-order valence-electron chi connectivity index (χ2n) is 10.5. The molecule has 1 fully saturated rings. The van der Waals surface area contributed by atoms with E-state index < -0.39 is 6.17 Å². The average Bonchev–Trinajstić information content (AvgIpc) is 2.83. The molecule has 4 rings (SSSR count). The molecular weight excluding hydrogens is 444 g/mol. The van der Waals surface area contributed by atoms with E-state index >= 15 is 0 Å². The van der Waals surface area contributed by atoms with E-state index in [4.69, 9.17) is 4.99 Å². The maximum Gasteiger partial charge on any atom is 0.230 e. The van der Waals surface area contributed by atoms with Gasteiger partial charge in [-0.05, 0) is 44.6 Å². The van der Waals surface area contributed by atoms with Gasteiger partial charge in [-0.25, -0.2) is 8.78 Å². The quantitative estimate of drug-likeness (QED) is 0.373. The molecule has 2 aliphatic carbocycles. The number of alkyl halides is 1. The van der Waals surface area contributed by atoms with Crippen molar-refractivity contribution >= 4 is 11.6 Å². The van der Waals surface area contributed by atoms with Gasteiger partial charge in [0.25, 0.3) is 0 Å². The number of halogens is 2. The Morgan fingerprint density at radius 1 is 1.20 bits per heavy atom. The predicted octanol–water partition coefficient (Wildman–Crippen LogP) is 6.52. The third-order valence-electron chi connectivity index (χ3n) is 8.11. The van der Waals surface area contributed by atoms with Crippen molar-refractivity contribution in [3.63, 3.8) is 0 Å². The summed E-state index contributed by atoms with van der Waals surface area (Å²) in [5.41, 5.74) is 3.24. The lowest BCUT2D eigenvalue weighted by Gasteiger charge is -2.57. The van der Waals surface area contributed by atoms with E-state index in [1.165, 1.54) is 11.8 Å². The standard InChI is InChI=1S/C29H41F2N3O/c1-5-14-33(15-6-2)23(7-3)16-20-8-10-21(11-9-20)26-18-27(35)34-19(4)28(29(34)32-26)24-13-12-22(30)17-25(24)31/h8,10-12,16,19-20,24-25,28-29H,5-7,9,13-15,17-18H2,1-4H3. The molecular formula is C29H41F2N3O. The molecule has 0 bridgehead atoms. The van der Waals surface area contributed by atoms with Crippen LogP contribution in [0.5, 0.6) is 0 Å². The molecule has 6 unspecified atom stereocenters. The van der Waals surface area contributed by atoms with Gasteiger partial charge < -0.3 is 9.80 Å². The van der Waals surface area contributed by atoms with Gasteiger partial charge in [-0.3, -0.25) is 9.79 Å². The molecule has 0 aromatic heterocycles. The van der Waals surface area contributed by atoms with E-state index in [1.807, 2.05) is 6.92 Å². The number of hydrogen-bond donors (Lipinski definition) is 0. The van der Waals surface area contributed by atoms with Crippen LogP contribution in [0.15, 0.2) is 52.5 Å². The van der Waals surface area contributed by atoms with E-state index in [-0.39, 0.29) is 42.2 Å². The van der Waals surface area contributed by atoms with Crippen LogP contribution in [0.3, 0.4) is 0 Å². The minimum Gasteiger partial charge on any atom is -0.375 e. The minimum atomic E-state index is -1.21. The second-order valence-corrected chi connectivity index (χ2v) is 10.5. The number of hydrogen-bond acceptors (Lipinski definition) is 3. The summed E-state index contributed by atoms with van der Waals surface area (Å²) in [6.45, 7) is 10.8. The summed E-state index contributed by atoms with van der Waals surface area (Å²) in [7, 11) is 0. The molecule has 4 nitrogen and oxygen atoms in total. The lowest BCUT2D eigenvalue weighted by molar-refractivity contribution is -0.158. The van der Waals surface area contributed by atoms with Crippen LogP contribution in [-0.2, 0) is 4.79 Å². The van der Waals surface area contributed by atoms with Crippen molar-refractivity contribution in [3.05, 3.63) is 47.5 Å². The Hall–Kier alpha value is -2.24. The maximum absolute atomic E-state index is 14.7. The van der Waals surface area contributed by atoms with Crippen molar-refractivity contribution in [2.75, 3.05) is 13.1 Å². The van der Waals surface area contributed by atoms with Crippen molar-refractivity contribution in [2.45, 2.75) is 91.0 Å². The summed E-state index contributed by atoms with van der Waals surface area (Å²) in [5.74, 6) is -0.298. The molecule has 0 saturated carbocycles. The van der Waals surface area contributed by atoms with Crippen LogP contribution in [-0.4, -0.2) is 52.9 Å². The van der Waals surface area contributed by atoms with Gasteiger partial charge in [-0.2, -0.15) is 0 Å². The third kappa shape index (κ3) is 5.31. The highest BCUT2D eigenvalue weighted by atomic mass is 19.1. The van der Waals surface area contributed by atoms with Gasteiger partial charge >= 0.3 is 0 Å². The molecule has 6 heteroatoms.